The fourth-order valence-electron chi connectivity index (χ4n) is 1.68. The summed E-state index contributed by atoms with van der Waals surface area (Å²) in [5.41, 5.74) is 1.17. The van der Waals surface area contributed by atoms with E-state index in [0.29, 0.717) is 23.6 Å². The van der Waals surface area contributed by atoms with Gasteiger partial charge < -0.3 is 9.25 Å². The van der Waals surface area contributed by atoms with Crippen molar-refractivity contribution in [1.82, 2.24) is 0 Å². The lowest BCUT2D eigenvalue weighted by molar-refractivity contribution is 0.176. The van der Waals surface area contributed by atoms with Gasteiger partial charge in [-0.2, -0.15) is 0 Å². The molecule has 0 saturated carbocycles. The molecule has 0 radical (unpaired) electrons. The molecule has 0 N–H and O–H groups in total. The second-order valence-corrected chi connectivity index (χ2v) is 5.70. The summed E-state index contributed by atoms with van der Waals surface area (Å²) in [5.74, 6) is 0.668. The Morgan fingerprint density at radius 2 is 2.26 bits per heavy atom. The van der Waals surface area contributed by atoms with Gasteiger partial charge in [-0.05, 0) is 30.8 Å². The number of carbonyl (C=O) groups is 1. The number of rotatable bonds is 6. The smallest absolute Gasteiger partial charge is 0.305 e. The summed E-state index contributed by atoms with van der Waals surface area (Å²) in [6.45, 7) is 5.62. The normalized spacial score (nSPS) is 10.7. The molecule has 0 unspecified atom stereocenters. The topological polar surface area (TPSA) is 55.0 Å². The van der Waals surface area contributed by atoms with Crippen LogP contribution in [0.15, 0.2) is 63.7 Å². The number of para-hydroxylation sites is 1. The number of hydrogen-bond donors (Lipinski definition) is 0. The number of hydrogen-bond acceptors (Lipinski definition) is 5. The number of anilines is 1. The minimum absolute atomic E-state index is 0.303. The highest BCUT2D eigenvalue weighted by molar-refractivity contribution is 8.14. The first-order valence-electron chi connectivity index (χ1n) is 6.70. The number of carbonyl (C=O) groups excluding carboxylic acids is 1. The standard InChI is InChI=1S/C16H15ClN2O3S/c1-3-9-22-18-11-13-6-4-5-7-14(13)19(17)16(20)23-15-8-10-21-12(15)2/h3-8,10-11H,1,9H2,2H3/b18-11+. The van der Waals surface area contributed by atoms with Gasteiger partial charge in [-0.25, -0.2) is 4.42 Å². The minimum atomic E-state index is -0.343. The monoisotopic (exact) mass is 350 g/mol. The van der Waals surface area contributed by atoms with Gasteiger partial charge in [0.15, 0.2) is 0 Å². The number of furan rings is 1. The van der Waals surface area contributed by atoms with Gasteiger partial charge in [0.05, 0.1) is 23.1 Å². The molecule has 0 spiro atoms. The molecule has 1 aromatic carbocycles. The molecule has 1 amide bonds. The summed E-state index contributed by atoms with van der Waals surface area (Å²) < 4.78 is 6.22. The SMILES string of the molecule is C=CCO/N=C/c1ccccc1N(Cl)C(=O)Sc1ccoc1C. The average Bonchev–Trinajstić information content (AvgIpc) is 2.96. The van der Waals surface area contributed by atoms with Crippen molar-refractivity contribution in [2.45, 2.75) is 11.8 Å². The Balaban J connectivity index is 2.13. The van der Waals surface area contributed by atoms with Crippen LogP contribution in [0.2, 0.25) is 0 Å². The van der Waals surface area contributed by atoms with Gasteiger partial charge in [0.1, 0.15) is 12.4 Å². The van der Waals surface area contributed by atoms with E-state index in [-0.39, 0.29) is 5.24 Å². The van der Waals surface area contributed by atoms with E-state index in [0.717, 1.165) is 21.1 Å². The van der Waals surface area contributed by atoms with Gasteiger partial charge in [-0.3, -0.25) is 4.79 Å². The number of thioether (sulfide) groups is 1. The van der Waals surface area contributed by atoms with Crippen LogP contribution in [0, 0.1) is 6.92 Å². The molecule has 0 aliphatic heterocycles. The van der Waals surface area contributed by atoms with Crippen LogP contribution < -0.4 is 4.42 Å². The number of halogens is 1. The van der Waals surface area contributed by atoms with E-state index >= 15 is 0 Å². The molecule has 7 heteroatoms. The molecule has 0 aliphatic carbocycles. The summed E-state index contributed by atoms with van der Waals surface area (Å²) in [5, 5.41) is 3.47. The summed E-state index contributed by atoms with van der Waals surface area (Å²) >= 11 is 7.18. The molecule has 0 bridgehead atoms. The third-order valence-corrected chi connectivity index (χ3v) is 4.21. The van der Waals surface area contributed by atoms with Crippen molar-refractivity contribution in [2.75, 3.05) is 11.0 Å². The maximum atomic E-state index is 12.3. The van der Waals surface area contributed by atoms with Crippen LogP contribution in [0.5, 0.6) is 0 Å². The molecule has 0 fully saturated rings. The number of amides is 1. The second kappa shape index (κ2) is 8.45. The Hall–Kier alpha value is -2.18. The highest BCUT2D eigenvalue weighted by atomic mass is 35.5. The third kappa shape index (κ3) is 4.64. The molecule has 1 aromatic heterocycles. The average molecular weight is 351 g/mol. The van der Waals surface area contributed by atoms with Crippen molar-refractivity contribution in [3.8, 4) is 0 Å². The highest BCUT2D eigenvalue weighted by Crippen LogP contribution is 2.30. The van der Waals surface area contributed by atoms with Crippen LogP contribution in [-0.4, -0.2) is 18.1 Å². The Morgan fingerprint density at radius 1 is 1.48 bits per heavy atom. The van der Waals surface area contributed by atoms with Crippen molar-refractivity contribution < 1.29 is 14.0 Å². The molecule has 0 saturated heterocycles. The molecular formula is C16H15ClN2O3S. The van der Waals surface area contributed by atoms with Crippen LogP contribution in [0.3, 0.4) is 0 Å². The Kier molecular flexibility index (Phi) is 6.31. The molecule has 1 heterocycles. The zero-order valence-corrected chi connectivity index (χ0v) is 14.0. The largest absolute Gasteiger partial charge is 0.468 e. The van der Waals surface area contributed by atoms with Crippen molar-refractivity contribution in [1.29, 1.82) is 0 Å². The van der Waals surface area contributed by atoms with Gasteiger partial charge in [-0.15, -0.1) is 0 Å². The predicted molar refractivity (Wildman–Crippen MR) is 93.2 cm³/mol. The lowest BCUT2D eigenvalue weighted by Gasteiger charge is -2.15. The van der Waals surface area contributed by atoms with Crippen LogP contribution in [0.1, 0.15) is 11.3 Å². The summed E-state index contributed by atoms with van der Waals surface area (Å²) in [6.07, 6.45) is 4.61. The lowest BCUT2D eigenvalue weighted by atomic mass is 10.2. The number of benzene rings is 1. The lowest BCUT2D eigenvalue weighted by Crippen LogP contribution is -2.16. The first kappa shape index (κ1) is 17.2. The second-order valence-electron chi connectivity index (χ2n) is 4.37. The van der Waals surface area contributed by atoms with Crippen LogP contribution in [0.4, 0.5) is 10.5 Å². The molecular weight excluding hydrogens is 336 g/mol. The maximum Gasteiger partial charge on any atom is 0.305 e. The molecule has 120 valence electrons. The van der Waals surface area contributed by atoms with Crippen molar-refractivity contribution >= 4 is 40.7 Å². The van der Waals surface area contributed by atoms with Gasteiger partial charge in [0.2, 0.25) is 0 Å². The fourth-order valence-corrected chi connectivity index (χ4v) is 2.62. The maximum absolute atomic E-state index is 12.3. The Bertz CT molecular complexity index is 715. The zero-order valence-electron chi connectivity index (χ0n) is 12.4. The quantitative estimate of drug-likeness (QED) is 0.184. The van der Waals surface area contributed by atoms with E-state index in [4.69, 9.17) is 21.0 Å². The first-order valence-corrected chi connectivity index (χ1v) is 7.86. The Morgan fingerprint density at radius 3 is 2.96 bits per heavy atom. The van der Waals surface area contributed by atoms with Crippen LogP contribution >= 0.6 is 23.5 Å². The molecule has 0 aliphatic rings. The molecule has 0 atom stereocenters. The number of nitrogens with zero attached hydrogens (tertiary/aromatic N) is 2. The van der Waals surface area contributed by atoms with Crippen molar-refractivity contribution in [2.24, 2.45) is 5.16 Å². The van der Waals surface area contributed by atoms with E-state index in [1.54, 1.807) is 37.3 Å². The summed E-state index contributed by atoms with van der Waals surface area (Å²) in [4.78, 5) is 18.0. The first-order chi connectivity index (χ1) is 11.1. The van der Waals surface area contributed by atoms with E-state index in [2.05, 4.69) is 11.7 Å². The molecule has 2 aromatic rings. The minimum Gasteiger partial charge on any atom is -0.468 e. The van der Waals surface area contributed by atoms with Gasteiger partial charge in [-0.1, -0.05) is 36.0 Å². The van der Waals surface area contributed by atoms with Crippen molar-refractivity contribution in [3.05, 3.63) is 60.6 Å². The summed E-state index contributed by atoms with van der Waals surface area (Å²) in [6, 6.07) is 8.84. The predicted octanol–water partition coefficient (Wildman–Crippen LogP) is 5.00. The number of aryl methyl sites for hydroxylation is 1. The van der Waals surface area contributed by atoms with Gasteiger partial charge in [0, 0.05) is 17.3 Å². The third-order valence-electron chi connectivity index (χ3n) is 2.78. The van der Waals surface area contributed by atoms with Crippen LogP contribution in [-0.2, 0) is 4.84 Å². The fraction of sp³-hybridized carbons (Fsp3) is 0.125. The molecule has 2 rings (SSSR count). The number of oxime groups is 1. The van der Waals surface area contributed by atoms with E-state index in [1.165, 1.54) is 12.5 Å². The van der Waals surface area contributed by atoms with Gasteiger partial charge in [0.25, 0.3) is 0 Å². The van der Waals surface area contributed by atoms with E-state index in [1.807, 2.05) is 6.07 Å². The van der Waals surface area contributed by atoms with Crippen LogP contribution in [0.25, 0.3) is 0 Å². The molecule has 23 heavy (non-hydrogen) atoms. The van der Waals surface area contributed by atoms with E-state index < -0.39 is 0 Å². The zero-order chi connectivity index (χ0) is 16.7. The van der Waals surface area contributed by atoms with Crippen molar-refractivity contribution in [3.63, 3.8) is 0 Å². The van der Waals surface area contributed by atoms with E-state index in [9.17, 15) is 4.79 Å². The Labute approximate surface area is 143 Å². The summed E-state index contributed by atoms with van der Waals surface area (Å²) in [7, 11) is 0. The molecule has 5 nitrogen and oxygen atoms in total. The highest BCUT2D eigenvalue weighted by Gasteiger charge is 2.19. The van der Waals surface area contributed by atoms with Gasteiger partial charge >= 0.3 is 5.24 Å².